The van der Waals surface area contributed by atoms with Gasteiger partial charge in [0.2, 0.25) is 0 Å². The van der Waals surface area contributed by atoms with E-state index in [0.29, 0.717) is 5.84 Å². The van der Waals surface area contributed by atoms with Crippen LogP contribution in [0.25, 0.3) is 0 Å². The molecule has 3 heterocycles. The van der Waals surface area contributed by atoms with Gasteiger partial charge in [-0.25, -0.2) is 4.99 Å². The van der Waals surface area contributed by atoms with Crippen LogP contribution >= 0.6 is 11.3 Å². The lowest BCUT2D eigenvalue weighted by atomic mass is 10.0. The largest absolute Gasteiger partial charge is 0.382 e. The summed E-state index contributed by atoms with van der Waals surface area (Å²) in [6.07, 6.45) is 0.766. The molecule has 2 N–H and O–H groups in total. The number of piperazine rings is 1. The molecule has 1 amide bonds. The molecule has 124 valence electrons. The Labute approximate surface area is 145 Å². The highest BCUT2D eigenvalue weighted by Crippen LogP contribution is 2.31. The molecule has 6 heteroatoms. The van der Waals surface area contributed by atoms with E-state index in [-0.39, 0.29) is 5.91 Å². The van der Waals surface area contributed by atoms with Crippen molar-refractivity contribution in [2.75, 3.05) is 33.2 Å². The second kappa shape index (κ2) is 6.03. The summed E-state index contributed by atoms with van der Waals surface area (Å²) in [6.45, 7) is 3.42. The second-order valence-corrected chi connectivity index (χ2v) is 7.30. The highest BCUT2D eigenvalue weighted by molar-refractivity contribution is 7.12. The molecule has 2 aromatic rings. The van der Waals surface area contributed by atoms with Crippen molar-refractivity contribution in [2.45, 2.75) is 6.42 Å². The van der Waals surface area contributed by atoms with Crippen LogP contribution < -0.4 is 5.73 Å². The van der Waals surface area contributed by atoms with Gasteiger partial charge >= 0.3 is 0 Å². The van der Waals surface area contributed by atoms with Crippen LogP contribution in [0.2, 0.25) is 0 Å². The van der Waals surface area contributed by atoms with Crippen molar-refractivity contribution in [3.8, 4) is 0 Å². The van der Waals surface area contributed by atoms with Gasteiger partial charge in [-0.05, 0) is 47.8 Å². The summed E-state index contributed by atoms with van der Waals surface area (Å²) in [7, 11) is 2.09. The summed E-state index contributed by atoms with van der Waals surface area (Å²) in [5.74, 6) is 0.675. The van der Waals surface area contributed by atoms with Crippen LogP contribution in [-0.4, -0.2) is 54.8 Å². The van der Waals surface area contributed by atoms with Gasteiger partial charge in [0.25, 0.3) is 5.91 Å². The predicted molar refractivity (Wildman–Crippen MR) is 97.4 cm³/mol. The molecule has 24 heavy (non-hydrogen) atoms. The molecule has 0 atom stereocenters. The van der Waals surface area contributed by atoms with E-state index in [9.17, 15) is 4.79 Å². The van der Waals surface area contributed by atoms with E-state index >= 15 is 0 Å². The lowest BCUT2D eigenvalue weighted by molar-refractivity contribution is 0.0664. The van der Waals surface area contributed by atoms with Crippen molar-refractivity contribution in [2.24, 2.45) is 10.7 Å². The van der Waals surface area contributed by atoms with Gasteiger partial charge in [-0.15, -0.1) is 11.3 Å². The van der Waals surface area contributed by atoms with Crippen molar-refractivity contribution in [3.63, 3.8) is 0 Å². The van der Waals surface area contributed by atoms with Gasteiger partial charge in [-0.2, -0.15) is 0 Å². The summed E-state index contributed by atoms with van der Waals surface area (Å²) in [4.78, 5) is 22.6. The standard InChI is InChI=1S/C18H20N4OS/c1-21-5-7-22(8-6-21)18(23)13-2-3-15-14(11-13)10-12-4-9-24-16(12)17(19)20-15/h2-4,9,11H,5-8,10H2,1H3,(H2,19,20). The lowest BCUT2D eigenvalue weighted by Crippen LogP contribution is -2.47. The van der Waals surface area contributed by atoms with Gasteiger partial charge in [-0.3, -0.25) is 4.79 Å². The van der Waals surface area contributed by atoms with Crippen LogP contribution in [0.1, 0.15) is 26.4 Å². The Morgan fingerprint density at radius 3 is 2.75 bits per heavy atom. The number of rotatable bonds is 1. The third kappa shape index (κ3) is 2.72. The maximum absolute atomic E-state index is 12.8. The lowest BCUT2D eigenvalue weighted by Gasteiger charge is -2.32. The van der Waals surface area contributed by atoms with Crippen LogP contribution in [0, 0.1) is 0 Å². The molecule has 0 bridgehead atoms. The Hall–Kier alpha value is -2.18. The normalized spacial score (nSPS) is 17.7. The Kier molecular flexibility index (Phi) is 3.86. The fourth-order valence-corrected chi connectivity index (χ4v) is 4.07. The summed E-state index contributed by atoms with van der Waals surface area (Å²) in [6, 6.07) is 7.86. The first-order valence-corrected chi connectivity index (χ1v) is 9.01. The quantitative estimate of drug-likeness (QED) is 0.864. The van der Waals surface area contributed by atoms with Crippen molar-refractivity contribution < 1.29 is 4.79 Å². The molecular formula is C18H20N4OS. The summed E-state index contributed by atoms with van der Waals surface area (Å²) >= 11 is 1.62. The first-order chi connectivity index (χ1) is 11.6. The second-order valence-electron chi connectivity index (χ2n) is 6.39. The van der Waals surface area contributed by atoms with E-state index in [1.807, 2.05) is 28.5 Å². The van der Waals surface area contributed by atoms with Gasteiger partial charge in [0.05, 0.1) is 10.6 Å². The molecule has 0 aliphatic carbocycles. The molecule has 0 spiro atoms. The third-order valence-electron chi connectivity index (χ3n) is 4.72. The molecule has 1 saturated heterocycles. The molecule has 4 rings (SSSR count). The van der Waals surface area contributed by atoms with E-state index in [2.05, 4.69) is 23.0 Å². The molecule has 1 aromatic heterocycles. The maximum atomic E-state index is 12.8. The van der Waals surface area contributed by atoms with Crippen molar-refractivity contribution >= 4 is 28.8 Å². The van der Waals surface area contributed by atoms with Gasteiger partial charge in [0.15, 0.2) is 0 Å². The Morgan fingerprint density at radius 2 is 1.96 bits per heavy atom. The fraction of sp³-hybridized carbons (Fsp3) is 0.333. The van der Waals surface area contributed by atoms with Gasteiger partial charge in [-0.1, -0.05) is 0 Å². The van der Waals surface area contributed by atoms with E-state index in [4.69, 9.17) is 5.73 Å². The summed E-state index contributed by atoms with van der Waals surface area (Å²) < 4.78 is 0. The van der Waals surface area contributed by atoms with E-state index in [1.165, 1.54) is 5.56 Å². The molecular weight excluding hydrogens is 320 g/mol. The fourth-order valence-electron chi connectivity index (χ4n) is 3.25. The van der Waals surface area contributed by atoms with Crippen LogP contribution in [0.3, 0.4) is 0 Å². The van der Waals surface area contributed by atoms with Gasteiger partial charge < -0.3 is 15.5 Å². The topological polar surface area (TPSA) is 61.9 Å². The van der Waals surface area contributed by atoms with E-state index in [0.717, 1.165) is 54.3 Å². The molecule has 1 aromatic carbocycles. The zero-order chi connectivity index (χ0) is 16.7. The number of thiophene rings is 1. The number of hydrogen-bond donors (Lipinski definition) is 1. The minimum Gasteiger partial charge on any atom is -0.382 e. The maximum Gasteiger partial charge on any atom is 0.253 e. The molecule has 5 nitrogen and oxygen atoms in total. The number of fused-ring (bicyclic) bond motifs is 2. The van der Waals surface area contributed by atoms with E-state index in [1.54, 1.807) is 11.3 Å². The SMILES string of the molecule is CN1CCN(C(=O)c2ccc3c(c2)Cc2ccsc2C(N)=N3)CC1. The molecule has 0 radical (unpaired) electrons. The Morgan fingerprint density at radius 1 is 1.17 bits per heavy atom. The molecule has 0 saturated carbocycles. The zero-order valence-corrected chi connectivity index (χ0v) is 14.5. The summed E-state index contributed by atoms with van der Waals surface area (Å²) in [5, 5.41) is 2.04. The number of aliphatic imine (C=N–C) groups is 1. The number of carbonyl (C=O) groups excluding carboxylic acids is 1. The van der Waals surface area contributed by atoms with Gasteiger partial charge in [0, 0.05) is 38.2 Å². The minimum absolute atomic E-state index is 0.109. The first-order valence-electron chi connectivity index (χ1n) is 8.13. The molecule has 1 fully saturated rings. The number of amidine groups is 1. The molecule has 2 aliphatic rings. The number of carbonyl (C=O) groups is 1. The molecule has 2 aliphatic heterocycles. The van der Waals surface area contributed by atoms with Crippen molar-refractivity contribution in [1.82, 2.24) is 9.80 Å². The smallest absolute Gasteiger partial charge is 0.253 e. The van der Waals surface area contributed by atoms with Crippen molar-refractivity contribution in [1.29, 1.82) is 0 Å². The van der Waals surface area contributed by atoms with Crippen LogP contribution in [0.4, 0.5) is 5.69 Å². The number of hydrogen-bond acceptors (Lipinski definition) is 5. The molecule has 0 unspecified atom stereocenters. The highest BCUT2D eigenvalue weighted by Gasteiger charge is 2.22. The van der Waals surface area contributed by atoms with Gasteiger partial charge in [0.1, 0.15) is 5.84 Å². The number of nitrogens with two attached hydrogens (primary N) is 1. The third-order valence-corrected chi connectivity index (χ3v) is 5.70. The zero-order valence-electron chi connectivity index (χ0n) is 13.7. The number of benzene rings is 1. The Bertz CT molecular complexity index is 818. The predicted octanol–water partition coefficient (Wildman–Crippen LogP) is 2.08. The van der Waals surface area contributed by atoms with Crippen LogP contribution in [0.15, 0.2) is 34.6 Å². The average molecular weight is 340 g/mol. The van der Waals surface area contributed by atoms with Crippen LogP contribution in [0.5, 0.6) is 0 Å². The highest BCUT2D eigenvalue weighted by atomic mass is 32.1. The Balaban J connectivity index is 1.64. The van der Waals surface area contributed by atoms with Crippen LogP contribution in [-0.2, 0) is 6.42 Å². The summed E-state index contributed by atoms with van der Waals surface area (Å²) in [5.41, 5.74) is 9.97. The number of nitrogens with zero attached hydrogens (tertiary/aromatic N) is 3. The number of amides is 1. The number of likely N-dealkylation sites (N-methyl/N-ethyl adjacent to an activating group) is 1. The average Bonchev–Trinajstić information content (AvgIpc) is 3.00. The van der Waals surface area contributed by atoms with E-state index < -0.39 is 0 Å². The monoisotopic (exact) mass is 340 g/mol. The minimum atomic E-state index is 0.109. The van der Waals surface area contributed by atoms with Crippen molar-refractivity contribution in [3.05, 3.63) is 51.2 Å². The first kappa shape index (κ1) is 15.4.